The highest BCUT2D eigenvalue weighted by atomic mass is 16.5. The van der Waals surface area contributed by atoms with Crippen LogP contribution in [-0.4, -0.2) is 61.0 Å². The summed E-state index contributed by atoms with van der Waals surface area (Å²) in [6.45, 7) is 6.41. The summed E-state index contributed by atoms with van der Waals surface area (Å²) in [7, 11) is -1.43. The summed E-state index contributed by atoms with van der Waals surface area (Å²) in [5.74, 6) is 0.744. The first-order valence-electron chi connectivity index (χ1n) is 7.08. The van der Waals surface area contributed by atoms with Gasteiger partial charge in [0.05, 0.1) is 6.10 Å². The molecule has 1 aliphatic heterocycles. The van der Waals surface area contributed by atoms with Gasteiger partial charge in [0.15, 0.2) is 0 Å². The van der Waals surface area contributed by atoms with Crippen LogP contribution < -0.4 is 10.2 Å². The SMILES string of the molecule is CC1CN(CCOc2ccc(B(O)O)cc2)CCCO1. The van der Waals surface area contributed by atoms with Crippen molar-refractivity contribution in [3.8, 4) is 5.75 Å². The Balaban J connectivity index is 1.74. The predicted molar refractivity (Wildman–Crippen MR) is 78.2 cm³/mol. The van der Waals surface area contributed by atoms with Crippen molar-refractivity contribution in [3.05, 3.63) is 24.3 Å². The van der Waals surface area contributed by atoms with Crippen molar-refractivity contribution in [1.82, 2.24) is 4.90 Å². The van der Waals surface area contributed by atoms with E-state index in [0.717, 1.165) is 38.4 Å². The van der Waals surface area contributed by atoms with Crippen molar-refractivity contribution in [2.24, 2.45) is 0 Å². The largest absolute Gasteiger partial charge is 0.492 e. The molecule has 1 heterocycles. The predicted octanol–water partition coefficient (Wildman–Crippen LogP) is -0.144. The van der Waals surface area contributed by atoms with Crippen molar-refractivity contribution in [2.75, 3.05) is 32.8 Å². The molecule has 0 aliphatic carbocycles. The van der Waals surface area contributed by atoms with Crippen LogP contribution in [0.4, 0.5) is 0 Å². The van der Waals surface area contributed by atoms with Gasteiger partial charge in [0.2, 0.25) is 0 Å². The van der Waals surface area contributed by atoms with Crippen LogP contribution >= 0.6 is 0 Å². The fraction of sp³-hybridized carbons (Fsp3) is 0.571. The second kappa shape index (κ2) is 7.64. The Hall–Kier alpha value is -1.08. The molecule has 1 aromatic rings. The molecule has 0 radical (unpaired) electrons. The van der Waals surface area contributed by atoms with E-state index >= 15 is 0 Å². The van der Waals surface area contributed by atoms with Gasteiger partial charge in [-0.05, 0) is 30.9 Å². The Labute approximate surface area is 120 Å². The molecule has 5 nitrogen and oxygen atoms in total. The van der Waals surface area contributed by atoms with Crippen LogP contribution in [0.5, 0.6) is 5.75 Å². The van der Waals surface area contributed by atoms with E-state index in [1.54, 1.807) is 24.3 Å². The van der Waals surface area contributed by atoms with Crippen LogP contribution in [0.3, 0.4) is 0 Å². The fourth-order valence-corrected chi connectivity index (χ4v) is 2.31. The highest BCUT2D eigenvalue weighted by molar-refractivity contribution is 6.58. The van der Waals surface area contributed by atoms with E-state index in [1.807, 2.05) is 0 Å². The zero-order valence-corrected chi connectivity index (χ0v) is 11.9. The van der Waals surface area contributed by atoms with Crippen LogP contribution in [0.15, 0.2) is 24.3 Å². The molecule has 20 heavy (non-hydrogen) atoms. The molecule has 1 fully saturated rings. The van der Waals surface area contributed by atoms with Gasteiger partial charge in [0, 0.05) is 26.2 Å². The Morgan fingerprint density at radius 1 is 1.35 bits per heavy atom. The highest BCUT2D eigenvalue weighted by Gasteiger charge is 2.14. The van der Waals surface area contributed by atoms with Crippen LogP contribution in [-0.2, 0) is 4.74 Å². The molecule has 1 atom stereocenters. The summed E-state index contributed by atoms with van der Waals surface area (Å²) in [6, 6.07) is 6.82. The Morgan fingerprint density at radius 3 is 2.80 bits per heavy atom. The molecular formula is C14H22BNO4. The quantitative estimate of drug-likeness (QED) is 0.734. The second-order valence-electron chi connectivity index (χ2n) is 5.13. The molecular weight excluding hydrogens is 257 g/mol. The van der Waals surface area contributed by atoms with Gasteiger partial charge < -0.3 is 19.5 Å². The van der Waals surface area contributed by atoms with Crippen molar-refractivity contribution >= 4 is 12.6 Å². The molecule has 1 unspecified atom stereocenters. The third-order valence-corrected chi connectivity index (χ3v) is 3.39. The summed E-state index contributed by atoms with van der Waals surface area (Å²) >= 11 is 0. The smallest absolute Gasteiger partial charge is 0.488 e. The molecule has 2 N–H and O–H groups in total. The Bertz CT molecular complexity index is 399. The molecule has 1 saturated heterocycles. The molecule has 1 aromatic carbocycles. The maximum atomic E-state index is 9.01. The van der Waals surface area contributed by atoms with Crippen LogP contribution in [0.25, 0.3) is 0 Å². The number of hydrogen-bond donors (Lipinski definition) is 2. The average molecular weight is 279 g/mol. The lowest BCUT2D eigenvalue weighted by molar-refractivity contribution is 0.0658. The minimum atomic E-state index is -1.43. The van der Waals surface area contributed by atoms with E-state index < -0.39 is 7.12 Å². The van der Waals surface area contributed by atoms with E-state index in [1.165, 1.54) is 0 Å². The van der Waals surface area contributed by atoms with Crippen molar-refractivity contribution in [2.45, 2.75) is 19.4 Å². The molecule has 0 saturated carbocycles. The molecule has 6 heteroatoms. The summed E-state index contributed by atoms with van der Waals surface area (Å²) in [5, 5.41) is 18.0. The van der Waals surface area contributed by atoms with Gasteiger partial charge in [-0.3, -0.25) is 4.90 Å². The van der Waals surface area contributed by atoms with Crippen LogP contribution in [0, 0.1) is 0 Å². The van der Waals surface area contributed by atoms with Gasteiger partial charge in [0.1, 0.15) is 12.4 Å². The van der Waals surface area contributed by atoms with E-state index in [9.17, 15) is 0 Å². The van der Waals surface area contributed by atoms with Crippen molar-refractivity contribution in [3.63, 3.8) is 0 Å². The van der Waals surface area contributed by atoms with E-state index in [4.69, 9.17) is 19.5 Å². The highest BCUT2D eigenvalue weighted by Crippen LogP contribution is 2.09. The maximum absolute atomic E-state index is 9.01. The number of hydrogen-bond acceptors (Lipinski definition) is 5. The summed E-state index contributed by atoms with van der Waals surface area (Å²) in [5.41, 5.74) is 0.468. The summed E-state index contributed by atoms with van der Waals surface area (Å²) in [6.07, 6.45) is 1.34. The Morgan fingerprint density at radius 2 is 2.10 bits per heavy atom. The number of rotatable bonds is 5. The van der Waals surface area contributed by atoms with Gasteiger partial charge in [-0.25, -0.2) is 0 Å². The zero-order chi connectivity index (χ0) is 14.4. The van der Waals surface area contributed by atoms with E-state index in [2.05, 4.69) is 11.8 Å². The third-order valence-electron chi connectivity index (χ3n) is 3.39. The van der Waals surface area contributed by atoms with Gasteiger partial charge in [-0.1, -0.05) is 12.1 Å². The van der Waals surface area contributed by atoms with Crippen LogP contribution in [0.1, 0.15) is 13.3 Å². The van der Waals surface area contributed by atoms with Crippen molar-refractivity contribution in [1.29, 1.82) is 0 Å². The lowest BCUT2D eigenvalue weighted by Crippen LogP contribution is -2.33. The number of ether oxygens (including phenoxy) is 2. The number of benzene rings is 1. The zero-order valence-electron chi connectivity index (χ0n) is 11.9. The van der Waals surface area contributed by atoms with Gasteiger partial charge in [0.25, 0.3) is 0 Å². The monoisotopic (exact) mass is 279 g/mol. The first-order valence-corrected chi connectivity index (χ1v) is 7.08. The molecule has 0 aromatic heterocycles. The van der Waals surface area contributed by atoms with Crippen molar-refractivity contribution < 1.29 is 19.5 Å². The fourth-order valence-electron chi connectivity index (χ4n) is 2.31. The minimum Gasteiger partial charge on any atom is -0.492 e. The average Bonchev–Trinajstić information content (AvgIpc) is 2.64. The third kappa shape index (κ3) is 4.79. The number of nitrogens with zero attached hydrogens (tertiary/aromatic N) is 1. The van der Waals surface area contributed by atoms with E-state index in [-0.39, 0.29) is 6.10 Å². The molecule has 1 aliphatic rings. The normalized spacial score (nSPS) is 20.4. The lowest BCUT2D eigenvalue weighted by Gasteiger charge is -2.21. The van der Waals surface area contributed by atoms with Gasteiger partial charge in [-0.2, -0.15) is 0 Å². The maximum Gasteiger partial charge on any atom is 0.488 e. The summed E-state index contributed by atoms with van der Waals surface area (Å²) < 4.78 is 11.3. The van der Waals surface area contributed by atoms with Crippen LogP contribution in [0.2, 0.25) is 0 Å². The molecule has 2 rings (SSSR count). The van der Waals surface area contributed by atoms with E-state index in [0.29, 0.717) is 12.1 Å². The first-order chi connectivity index (χ1) is 9.65. The molecule has 110 valence electrons. The standard InChI is InChI=1S/C14H22BNO4/c1-12-11-16(7-2-9-19-12)8-10-20-14-5-3-13(4-6-14)15(17)18/h3-6,12,17-18H,2,7-11H2,1H3. The molecule has 0 amide bonds. The lowest BCUT2D eigenvalue weighted by atomic mass is 9.80. The minimum absolute atomic E-state index is 0.280. The summed E-state index contributed by atoms with van der Waals surface area (Å²) in [4.78, 5) is 2.35. The van der Waals surface area contributed by atoms with Gasteiger partial charge >= 0.3 is 7.12 Å². The van der Waals surface area contributed by atoms with Gasteiger partial charge in [-0.15, -0.1) is 0 Å². The topological polar surface area (TPSA) is 62.2 Å². The Kier molecular flexibility index (Phi) is 5.85. The first kappa shape index (κ1) is 15.3. The molecule has 0 bridgehead atoms. The second-order valence-corrected chi connectivity index (χ2v) is 5.13. The molecule has 0 spiro atoms.